The van der Waals surface area contributed by atoms with Crippen LogP contribution in [-0.2, 0) is 20.9 Å². The second-order valence-corrected chi connectivity index (χ2v) is 8.27. The van der Waals surface area contributed by atoms with Crippen LogP contribution in [0.4, 0.5) is 27.7 Å². The second kappa shape index (κ2) is 15.8. The average molecular weight is 577 g/mol. The third kappa shape index (κ3) is 9.18. The Balaban J connectivity index is 1.87. The molecule has 0 spiro atoms. The number of azide groups is 1. The van der Waals surface area contributed by atoms with Gasteiger partial charge in [0.05, 0.1) is 16.2 Å². The zero-order valence-corrected chi connectivity index (χ0v) is 22.2. The summed E-state index contributed by atoms with van der Waals surface area (Å²) in [5.41, 5.74) is 8.79. The zero-order valence-electron chi connectivity index (χ0n) is 22.2. The first-order valence-corrected chi connectivity index (χ1v) is 12.2. The number of rotatable bonds is 14. The van der Waals surface area contributed by atoms with E-state index in [0.717, 1.165) is 12.1 Å². The Morgan fingerprint density at radius 1 is 1.10 bits per heavy atom. The zero-order chi connectivity index (χ0) is 30.3. The lowest BCUT2D eigenvalue weighted by Crippen LogP contribution is -2.26. The molecule has 1 amide bonds. The van der Waals surface area contributed by atoms with Crippen LogP contribution in [0.2, 0.25) is 0 Å². The molecular weight excluding hydrogens is 552 g/mol. The highest BCUT2D eigenvalue weighted by Crippen LogP contribution is 2.36. The van der Waals surface area contributed by atoms with E-state index < -0.39 is 23.6 Å². The van der Waals surface area contributed by atoms with Crippen LogP contribution in [0.15, 0.2) is 76.1 Å². The third-order valence-corrected chi connectivity index (χ3v) is 5.34. The van der Waals surface area contributed by atoms with Crippen LogP contribution in [0.25, 0.3) is 10.4 Å². The molecule has 2 aromatic carbocycles. The molecule has 0 bridgehead atoms. The number of methoxy groups -OCH3 is 1. The maximum Gasteiger partial charge on any atom is 0.514 e. The number of non-ortho nitro benzene ring substituents is 1. The molecule has 0 saturated heterocycles. The average Bonchev–Trinajstić information content (AvgIpc) is 2.98. The molecule has 216 valence electrons. The number of ketones is 1. The highest BCUT2D eigenvalue weighted by Gasteiger charge is 2.21. The first-order valence-electron chi connectivity index (χ1n) is 12.2. The standard InChI is InChI=1S/C26H24N8O8/c1-40-16-19(35)5-4-14-29-25(36)23-17(15-41-26(37)42-20-10-8-18(9-11-20)34(38)39)7-12-21(30-33-27)24(23)32-31-22-6-2-3-13-28-22/h2-3,6-13H,4-5,14-16H2,1H3,(H,29,36). The molecule has 1 N–H and O–H groups in total. The Kier molecular flexibility index (Phi) is 11.6. The van der Waals surface area contributed by atoms with E-state index >= 15 is 0 Å². The smallest absolute Gasteiger partial charge is 0.429 e. The van der Waals surface area contributed by atoms with Crippen molar-refractivity contribution in [3.05, 3.63) is 92.5 Å². The molecule has 3 rings (SSSR count). The van der Waals surface area contributed by atoms with Gasteiger partial charge in [0.1, 0.15) is 24.7 Å². The third-order valence-electron chi connectivity index (χ3n) is 5.34. The molecule has 0 aliphatic carbocycles. The maximum absolute atomic E-state index is 13.3. The van der Waals surface area contributed by atoms with Crippen molar-refractivity contribution in [1.82, 2.24) is 10.3 Å². The van der Waals surface area contributed by atoms with E-state index in [0.29, 0.717) is 6.42 Å². The van der Waals surface area contributed by atoms with Crippen LogP contribution in [0.3, 0.4) is 0 Å². The SMILES string of the molecule is COCC(=O)CCCNC(=O)c1c(COC(=O)Oc2ccc([N+](=O)[O-])cc2)ccc(N=[N+]=[N-])c1N=Nc1ccccn1. The number of hydrogen-bond acceptors (Lipinski definition) is 12. The molecule has 0 aliphatic rings. The van der Waals surface area contributed by atoms with Gasteiger partial charge in [0.25, 0.3) is 11.6 Å². The highest BCUT2D eigenvalue weighted by molar-refractivity contribution is 6.02. The van der Waals surface area contributed by atoms with Crippen molar-refractivity contribution in [1.29, 1.82) is 0 Å². The van der Waals surface area contributed by atoms with Crippen molar-refractivity contribution in [3.63, 3.8) is 0 Å². The molecule has 1 aromatic heterocycles. The van der Waals surface area contributed by atoms with Gasteiger partial charge in [0, 0.05) is 48.9 Å². The minimum atomic E-state index is -1.15. The van der Waals surface area contributed by atoms with Crippen LogP contribution in [0.1, 0.15) is 28.8 Å². The number of nitro groups is 1. The number of nitrogens with zero attached hydrogens (tertiary/aromatic N) is 7. The van der Waals surface area contributed by atoms with Gasteiger partial charge in [-0.15, -0.1) is 10.2 Å². The molecule has 0 atom stereocenters. The van der Waals surface area contributed by atoms with Gasteiger partial charge in [0.2, 0.25) is 0 Å². The minimum absolute atomic E-state index is 0.00450. The largest absolute Gasteiger partial charge is 0.514 e. The van der Waals surface area contributed by atoms with Crippen molar-refractivity contribution in [3.8, 4) is 5.75 Å². The number of azo groups is 1. The lowest BCUT2D eigenvalue weighted by molar-refractivity contribution is -0.384. The lowest BCUT2D eigenvalue weighted by atomic mass is 10.0. The number of amides is 1. The summed E-state index contributed by atoms with van der Waals surface area (Å²) in [6, 6.07) is 12.4. The summed E-state index contributed by atoms with van der Waals surface area (Å²) in [5, 5.41) is 25.2. The molecule has 3 aromatic rings. The monoisotopic (exact) mass is 576 g/mol. The first-order chi connectivity index (χ1) is 20.3. The van der Waals surface area contributed by atoms with Gasteiger partial charge in [-0.3, -0.25) is 19.7 Å². The van der Waals surface area contributed by atoms with E-state index in [-0.39, 0.29) is 65.1 Å². The normalized spacial score (nSPS) is 10.5. The predicted molar refractivity (Wildman–Crippen MR) is 146 cm³/mol. The van der Waals surface area contributed by atoms with Crippen LogP contribution in [0.5, 0.6) is 5.75 Å². The number of nitrogens with one attached hydrogen (secondary N) is 1. The molecule has 16 nitrogen and oxygen atoms in total. The fourth-order valence-corrected chi connectivity index (χ4v) is 3.45. The number of ether oxygens (including phenoxy) is 3. The molecule has 16 heteroatoms. The second-order valence-electron chi connectivity index (χ2n) is 8.27. The molecule has 0 aliphatic heterocycles. The van der Waals surface area contributed by atoms with Gasteiger partial charge in [-0.1, -0.05) is 17.2 Å². The van der Waals surface area contributed by atoms with Crippen molar-refractivity contribution < 1.29 is 33.5 Å². The van der Waals surface area contributed by atoms with Gasteiger partial charge in [-0.25, -0.2) is 9.78 Å². The molecule has 0 unspecified atom stereocenters. The van der Waals surface area contributed by atoms with E-state index in [1.165, 1.54) is 37.6 Å². The van der Waals surface area contributed by atoms with Crippen LogP contribution in [-0.4, -0.2) is 48.0 Å². The molecule has 42 heavy (non-hydrogen) atoms. The molecule has 0 fully saturated rings. The van der Waals surface area contributed by atoms with Crippen molar-refractivity contribution >= 4 is 40.7 Å². The van der Waals surface area contributed by atoms with E-state index in [4.69, 9.17) is 19.7 Å². The summed E-state index contributed by atoms with van der Waals surface area (Å²) in [6.45, 7) is -0.402. The summed E-state index contributed by atoms with van der Waals surface area (Å²) in [5.74, 6) is -0.597. The summed E-state index contributed by atoms with van der Waals surface area (Å²) in [7, 11) is 1.41. The number of Topliss-reactive ketones (excluding diaryl/α,β-unsaturated/α-hetero) is 1. The van der Waals surface area contributed by atoms with Gasteiger partial charge in [-0.2, -0.15) is 0 Å². The highest BCUT2D eigenvalue weighted by atomic mass is 16.7. The van der Waals surface area contributed by atoms with Crippen molar-refractivity contribution in [2.45, 2.75) is 19.4 Å². The van der Waals surface area contributed by atoms with Crippen LogP contribution >= 0.6 is 0 Å². The van der Waals surface area contributed by atoms with Gasteiger partial charge in [0.15, 0.2) is 11.6 Å². The maximum atomic E-state index is 13.3. The number of aromatic nitrogens is 1. The number of pyridine rings is 1. The Bertz CT molecular complexity index is 1510. The van der Waals surface area contributed by atoms with Crippen LogP contribution in [0, 0.1) is 10.1 Å². The van der Waals surface area contributed by atoms with E-state index in [2.05, 4.69) is 30.6 Å². The minimum Gasteiger partial charge on any atom is -0.429 e. The van der Waals surface area contributed by atoms with Gasteiger partial charge < -0.3 is 19.5 Å². The summed E-state index contributed by atoms with van der Waals surface area (Å²) in [4.78, 5) is 54.4. The number of benzene rings is 2. The Labute approximate surface area is 238 Å². The predicted octanol–water partition coefficient (Wildman–Crippen LogP) is 5.79. The summed E-state index contributed by atoms with van der Waals surface area (Å²) < 4.78 is 15.0. The topological polar surface area (TPSA) is 220 Å². The number of carbonyl (C=O) groups excluding carboxylic acids is 3. The molecule has 0 radical (unpaired) electrons. The molecular formula is C26H24N8O8. The Morgan fingerprint density at radius 2 is 1.88 bits per heavy atom. The number of hydrogen-bond donors (Lipinski definition) is 1. The van der Waals surface area contributed by atoms with Crippen LogP contribution < -0.4 is 10.1 Å². The Morgan fingerprint density at radius 3 is 2.55 bits per heavy atom. The van der Waals surface area contributed by atoms with E-state index in [1.54, 1.807) is 18.2 Å². The lowest BCUT2D eigenvalue weighted by Gasteiger charge is -2.14. The van der Waals surface area contributed by atoms with E-state index in [9.17, 15) is 24.5 Å². The van der Waals surface area contributed by atoms with Crippen molar-refractivity contribution in [2.24, 2.45) is 15.3 Å². The van der Waals surface area contributed by atoms with Gasteiger partial charge >= 0.3 is 6.16 Å². The molecule has 0 saturated carbocycles. The fraction of sp³-hybridized carbons (Fsp3) is 0.231. The van der Waals surface area contributed by atoms with E-state index in [1.807, 2.05) is 0 Å². The quantitative estimate of drug-likeness (QED) is 0.0358. The van der Waals surface area contributed by atoms with Gasteiger partial charge in [-0.05, 0) is 42.3 Å². The number of nitro benzene ring substituents is 1. The van der Waals surface area contributed by atoms with Crippen molar-refractivity contribution in [2.75, 3.05) is 20.3 Å². The Hall–Kier alpha value is -5.73. The first kappa shape index (κ1) is 30.8. The summed E-state index contributed by atoms with van der Waals surface area (Å²) >= 11 is 0. The molecule has 1 heterocycles. The fourth-order valence-electron chi connectivity index (χ4n) is 3.45. The summed E-state index contributed by atoms with van der Waals surface area (Å²) in [6.07, 6.45) is 0.830. The number of carbonyl (C=O) groups is 3.